The molecule has 0 atom stereocenters. The van der Waals surface area contributed by atoms with Crippen molar-refractivity contribution >= 4 is 17.6 Å². The Balaban J connectivity index is 2.06. The van der Waals surface area contributed by atoms with Crippen molar-refractivity contribution < 1.29 is 23.5 Å². The number of carboxylic acids is 1. The number of carbonyl (C=O) groups excluding carboxylic acids is 1. The third-order valence-electron chi connectivity index (χ3n) is 3.49. The summed E-state index contributed by atoms with van der Waals surface area (Å²) < 4.78 is 26.3. The van der Waals surface area contributed by atoms with Crippen molar-refractivity contribution in [3.63, 3.8) is 0 Å². The number of rotatable bonds is 4. The number of aliphatic carboxylic acids is 1. The van der Waals surface area contributed by atoms with Crippen molar-refractivity contribution in [3.05, 3.63) is 29.8 Å². The molecule has 0 saturated heterocycles. The molecule has 1 aromatic rings. The Labute approximate surface area is 108 Å². The van der Waals surface area contributed by atoms with Crippen LogP contribution in [0.15, 0.2) is 18.2 Å². The first kappa shape index (κ1) is 13.5. The summed E-state index contributed by atoms with van der Waals surface area (Å²) in [7, 11) is 0. The number of carbonyl (C=O) groups is 2. The summed E-state index contributed by atoms with van der Waals surface area (Å²) in [4.78, 5) is 22.8. The number of amides is 1. The Hall–Kier alpha value is -1.98. The van der Waals surface area contributed by atoms with Crippen molar-refractivity contribution in [1.82, 2.24) is 0 Å². The second kappa shape index (κ2) is 4.95. The van der Waals surface area contributed by atoms with Crippen LogP contribution < -0.4 is 5.32 Å². The van der Waals surface area contributed by atoms with Crippen molar-refractivity contribution in [2.24, 2.45) is 5.41 Å². The highest BCUT2D eigenvalue weighted by Gasteiger charge is 2.45. The average molecular weight is 269 g/mol. The van der Waals surface area contributed by atoms with E-state index in [-0.39, 0.29) is 12.1 Å². The Morgan fingerprint density at radius 3 is 2.53 bits per heavy atom. The number of nitrogens with one attached hydrogen (secondary N) is 1. The first-order valence-corrected chi connectivity index (χ1v) is 5.92. The van der Waals surface area contributed by atoms with Crippen LogP contribution in [0.2, 0.25) is 0 Å². The summed E-state index contributed by atoms with van der Waals surface area (Å²) in [5, 5.41) is 11.3. The molecule has 0 aromatic heterocycles. The number of anilines is 1. The van der Waals surface area contributed by atoms with Crippen LogP contribution in [0.4, 0.5) is 14.5 Å². The molecule has 0 heterocycles. The number of hydrogen-bond acceptors (Lipinski definition) is 2. The molecule has 4 nitrogen and oxygen atoms in total. The maximum absolute atomic E-state index is 13.3. The minimum atomic E-state index is -1.14. The lowest BCUT2D eigenvalue weighted by molar-refractivity contribution is -0.157. The summed E-state index contributed by atoms with van der Waals surface area (Å²) in [6, 6.07) is 3.44. The summed E-state index contributed by atoms with van der Waals surface area (Å²) in [5.74, 6) is -3.84. The first-order valence-electron chi connectivity index (χ1n) is 5.92. The monoisotopic (exact) mass is 269 g/mol. The fourth-order valence-corrected chi connectivity index (χ4v) is 2.17. The van der Waals surface area contributed by atoms with Crippen LogP contribution in [0.3, 0.4) is 0 Å². The zero-order chi connectivity index (χ0) is 14.0. The number of hydrogen-bond donors (Lipinski definition) is 2. The van der Waals surface area contributed by atoms with E-state index >= 15 is 0 Å². The van der Waals surface area contributed by atoms with Crippen LogP contribution in [0.25, 0.3) is 0 Å². The normalized spacial score (nSPS) is 16.5. The molecule has 0 bridgehead atoms. The summed E-state index contributed by atoms with van der Waals surface area (Å²) in [6.07, 6.45) is 1.40. The molecular weight excluding hydrogens is 256 g/mol. The van der Waals surface area contributed by atoms with Gasteiger partial charge in [0.2, 0.25) is 5.91 Å². The topological polar surface area (TPSA) is 66.4 Å². The lowest BCUT2D eigenvalue weighted by atomic mass is 9.66. The van der Waals surface area contributed by atoms with Gasteiger partial charge in [-0.25, -0.2) is 8.78 Å². The van der Waals surface area contributed by atoms with E-state index in [1.165, 1.54) is 12.1 Å². The van der Waals surface area contributed by atoms with E-state index in [2.05, 4.69) is 5.32 Å². The van der Waals surface area contributed by atoms with Gasteiger partial charge in [-0.05, 0) is 25.0 Å². The van der Waals surface area contributed by atoms with E-state index in [0.717, 1.165) is 12.5 Å². The Bertz CT molecular complexity index is 527. The number of carboxylic acid groups (broad SMARTS) is 1. The lowest BCUT2D eigenvalue weighted by Crippen LogP contribution is -2.41. The molecule has 0 radical (unpaired) electrons. The molecule has 1 aromatic carbocycles. The van der Waals surface area contributed by atoms with E-state index in [4.69, 9.17) is 5.11 Å². The van der Waals surface area contributed by atoms with Gasteiger partial charge in [-0.1, -0.05) is 12.5 Å². The van der Waals surface area contributed by atoms with Gasteiger partial charge >= 0.3 is 5.97 Å². The largest absolute Gasteiger partial charge is 0.481 e. The predicted molar refractivity (Wildman–Crippen MR) is 63.5 cm³/mol. The van der Waals surface area contributed by atoms with E-state index in [0.29, 0.717) is 12.8 Å². The van der Waals surface area contributed by atoms with Crippen LogP contribution in [-0.4, -0.2) is 17.0 Å². The highest BCUT2D eigenvalue weighted by Crippen LogP contribution is 2.44. The molecule has 1 aliphatic carbocycles. The maximum atomic E-state index is 13.3. The third kappa shape index (κ3) is 2.57. The Morgan fingerprint density at radius 2 is 2.00 bits per heavy atom. The molecule has 0 unspecified atom stereocenters. The van der Waals surface area contributed by atoms with Gasteiger partial charge in [0.25, 0.3) is 0 Å². The minimum absolute atomic E-state index is 0.224. The quantitative estimate of drug-likeness (QED) is 0.882. The van der Waals surface area contributed by atoms with Gasteiger partial charge in [-0.3, -0.25) is 9.59 Å². The maximum Gasteiger partial charge on any atom is 0.310 e. The van der Waals surface area contributed by atoms with Gasteiger partial charge in [-0.15, -0.1) is 0 Å². The first-order chi connectivity index (χ1) is 8.94. The van der Waals surface area contributed by atoms with Crippen LogP contribution >= 0.6 is 0 Å². The SMILES string of the molecule is O=C(CC1(C(=O)O)CCC1)Nc1cccc(F)c1F. The standard InChI is InChI=1S/C13H13F2NO3/c14-8-3-1-4-9(11(8)15)16-10(17)7-13(12(18)19)5-2-6-13/h1,3-4H,2,5-7H2,(H,16,17)(H,18,19). The van der Waals surface area contributed by atoms with Gasteiger partial charge in [-0.2, -0.15) is 0 Å². The van der Waals surface area contributed by atoms with Gasteiger partial charge in [0.1, 0.15) is 0 Å². The fourth-order valence-electron chi connectivity index (χ4n) is 2.17. The molecule has 2 rings (SSSR count). The van der Waals surface area contributed by atoms with E-state index in [1.807, 2.05) is 0 Å². The molecular formula is C13H13F2NO3. The molecule has 19 heavy (non-hydrogen) atoms. The Morgan fingerprint density at radius 1 is 1.32 bits per heavy atom. The van der Waals surface area contributed by atoms with Crippen LogP contribution in [0.1, 0.15) is 25.7 Å². The van der Waals surface area contributed by atoms with Crippen LogP contribution in [-0.2, 0) is 9.59 Å². The van der Waals surface area contributed by atoms with Gasteiger partial charge < -0.3 is 10.4 Å². The van der Waals surface area contributed by atoms with Gasteiger partial charge in [0, 0.05) is 6.42 Å². The smallest absolute Gasteiger partial charge is 0.310 e. The summed E-state index contributed by atoms with van der Waals surface area (Å²) >= 11 is 0. The van der Waals surface area contributed by atoms with E-state index in [1.54, 1.807) is 0 Å². The van der Waals surface area contributed by atoms with Crippen molar-refractivity contribution in [2.75, 3.05) is 5.32 Å². The van der Waals surface area contributed by atoms with E-state index < -0.39 is 28.9 Å². The molecule has 2 N–H and O–H groups in total. The molecule has 0 spiro atoms. The molecule has 1 saturated carbocycles. The minimum Gasteiger partial charge on any atom is -0.481 e. The average Bonchev–Trinajstić information content (AvgIpc) is 2.29. The zero-order valence-corrected chi connectivity index (χ0v) is 10.1. The van der Waals surface area contributed by atoms with Crippen LogP contribution in [0, 0.1) is 17.0 Å². The second-order valence-electron chi connectivity index (χ2n) is 4.77. The summed E-state index contributed by atoms with van der Waals surface area (Å²) in [5.41, 5.74) is -1.32. The zero-order valence-electron chi connectivity index (χ0n) is 10.1. The fraction of sp³-hybridized carbons (Fsp3) is 0.385. The predicted octanol–water partition coefficient (Wildman–Crippen LogP) is 2.55. The molecule has 1 fully saturated rings. The number of halogens is 2. The lowest BCUT2D eigenvalue weighted by Gasteiger charge is -2.36. The number of benzene rings is 1. The van der Waals surface area contributed by atoms with Crippen molar-refractivity contribution in [2.45, 2.75) is 25.7 Å². The highest BCUT2D eigenvalue weighted by molar-refractivity contribution is 5.94. The highest BCUT2D eigenvalue weighted by atomic mass is 19.2. The van der Waals surface area contributed by atoms with Gasteiger partial charge in [0.15, 0.2) is 11.6 Å². The third-order valence-corrected chi connectivity index (χ3v) is 3.49. The Kier molecular flexibility index (Phi) is 3.50. The molecule has 1 aliphatic rings. The second-order valence-corrected chi connectivity index (χ2v) is 4.77. The molecule has 102 valence electrons. The van der Waals surface area contributed by atoms with Gasteiger partial charge in [0.05, 0.1) is 11.1 Å². The summed E-state index contributed by atoms with van der Waals surface area (Å²) in [6.45, 7) is 0. The van der Waals surface area contributed by atoms with E-state index in [9.17, 15) is 18.4 Å². The molecule has 6 heteroatoms. The molecule has 0 aliphatic heterocycles. The molecule has 1 amide bonds. The van der Waals surface area contributed by atoms with Crippen LogP contribution in [0.5, 0.6) is 0 Å². The van der Waals surface area contributed by atoms with Crippen molar-refractivity contribution in [3.8, 4) is 0 Å². The van der Waals surface area contributed by atoms with Crippen molar-refractivity contribution in [1.29, 1.82) is 0 Å².